The highest BCUT2D eigenvalue weighted by Crippen LogP contribution is 2.24. The molecule has 1 rings (SSSR count). The third-order valence-corrected chi connectivity index (χ3v) is 4.48. The van der Waals surface area contributed by atoms with E-state index in [2.05, 4.69) is 12.2 Å². The molecule has 1 aromatic carbocycles. The molecule has 4 nitrogen and oxygen atoms in total. The van der Waals surface area contributed by atoms with Crippen molar-refractivity contribution < 1.29 is 8.42 Å². The van der Waals surface area contributed by atoms with Crippen LogP contribution < -0.4 is 10.5 Å². The summed E-state index contributed by atoms with van der Waals surface area (Å²) in [5.41, 5.74) is 0.602. The van der Waals surface area contributed by atoms with Crippen molar-refractivity contribution in [3.63, 3.8) is 0 Å². The van der Waals surface area contributed by atoms with Crippen LogP contribution in [-0.4, -0.2) is 26.5 Å². The van der Waals surface area contributed by atoms with Gasteiger partial charge in [-0.3, -0.25) is 0 Å². The quantitative estimate of drug-likeness (QED) is 0.759. The van der Waals surface area contributed by atoms with E-state index < -0.39 is 10.0 Å². The lowest BCUT2D eigenvalue weighted by Gasteiger charge is -2.09. The lowest BCUT2D eigenvalue weighted by molar-refractivity contribution is 0.598. The Morgan fingerprint density at radius 1 is 1.44 bits per heavy atom. The molecule has 0 atom stereocenters. The first-order valence-electron chi connectivity index (χ1n) is 5.59. The molecule has 0 aromatic heterocycles. The first-order valence-corrected chi connectivity index (χ1v) is 8.67. The average molecular weight is 309 g/mol. The highest BCUT2D eigenvalue weighted by molar-refractivity contribution is 7.99. The Kier molecular flexibility index (Phi) is 6.28. The van der Waals surface area contributed by atoms with E-state index in [0.717, 1.165) is 24.5 Å². The summed E-state index contributed by atoms with van der Waals surface area (Å²) >= 11 is 7.85. The Morgan fingerprint density at radius 3 is 2.78 bits per heavy atom. The fraction of sp³-hybridized carbons (Fsp3) is 0.455. The smallest absolute Gasteiger partial charge is 0.238 e. The summed E-state index contributed by atoms with van der Waals surface area (Å²) in [5, 5.41) is 8.68. The van der Waals surface area contributed by atoms with E-state index in [1.54, 1.807) is 0 Å². The Balaban J connectivity index is 2.65. The maximum absolute atomic E-state index is 11.2. The lowest BCUT2D eigenvalue weighted by Crippen LogP contribution is -2.13. The van der Waals surface area contributed by atoms with Gasteiger partial charge in [0, 0.05) is 6.54 Å². The average Bonchev–Trinajstić information content (AvgIpc) is 2.29. The number of halogens is 1. The van der Waals surface area contributed by atoms with Gasteiger partial charge in [-0.05, 0) is 36.1 Å². The maximum Gasteiger partial charge on any atom is 0.238 e. The highest BCUT2D eigenvalue weighted by Gasteiger charge is 2.10. The van der Waals surface area contributed by atoms with Crippen molar-refractivity contribution in [3.8, 4) is 0 Å². The van der Waals surface area contributed by atoms with Crippen LogP contribution in [0.5, 0.6) is 0 Å². The normalized spacial score (nSPS) is 11.5. The number of benzene rings is 1. The van der Waals surface area contributed by atoms with Gasteiger partial charge in [0.1, 0.15) is 0 Å². The Bertz CT molecular complexity index is 492. The lowest BCUT2D eigenvalue weighted by atomic mass is 10.3. The first kappa shape index (κ1) is 15.6. The molecular formula is C11H17ClN2O2S2. The fourth-order valence-electron chi connectivity index (χ4n) is 1.36. The van der Waals surface area contributed by atoms with Gasteiger partial charge in [-0.15, -0.1) is 0 Å². The van der Waals surface area contributed by atoms with E-state index in [1.807, 2.05) is 11.8 Å². The summed E-state index contributed by atoms with van der Waals surface area (Å²) in [4.78, 5) is 0.0670. The molecule has 102 valence electrons. The number of anilines is 1. The second-order valence-corrected chi connectivity index (χ2v) is 7.03. The number of sulfonamides is 1. The van der Waals surface area contributed by atoms with Gasteiger partial charge in [0.25, 0.3) is 0 Å². The molecule has 0 unspecified atom stereocenters. The molecule has 0 saturated heterocycles. The van der Waals surface area contributed by atoms with Gasteiger partial charge in [0.05, 0.1) is 15.6 Å². The molecule has 0 amide bonds. The standard InChI is InChI=1S/C11H17ClN2O2S2/c1-2-17-7-3-6-14-11-8-9(18(13,15)16)4-5-10(11)12/h4-5,8,14H,2-3,6-7H2,1H3,(H2,13,15,16). The summed E-state index contributed by atoms with van der Waals surface area (Å²) in [6.45, 7) is 2.87. The summed E-state index contributed by atoms with van der Waals surface area (Å²) in [6.07, 6.45) is 0.994. The minimum absolute atomic E-state index is 0.0670. The number of nitrogens with one attached hydrogen (secondary N) is 1. The van der Waals surface area contributed by atoms with Crippen molar-refractivity contribution in [3.05, 3.63) is 23.2 Å². The molecule has 0 heterocycles. The van der Waals surface area contributed by atoms with Crippen LogP contribution >= 0.6 is 23.4 Å². The number of nitrogens with two attached hydrogens (primary N) is 1. The second kappa shape index (κ2) is 7.23. The third-order valence-electron chi connectivity index (χ3n) is 2.25. The van der Waals surface area contributed by atoms with Gasteiger partial charge >= 0.3 is 0 Å². The van der Waals surface area contributed by atoms with E-state index in [0.29, 0.717) is 10.7 Å². The van der Waals surface area contributed by atoms with Crippen molar-refractivity contribution in [2.24, 2.45) is 5.14 Å². The SMILES string of the molecule is CCSCCCNc1cc(S(N)(=O)=O)ccc1Cl. The molecule has 1 aromatic rings. The fourth-order valence-corrected chi connectivity index (χ4v) is 2.72. The van der Waals surface area contributed by atoms with Crippen molar-refractivity contribution in [1.29, 1.82) is 0 Å². The van der Waals surface area contributed by atoms with Crippen LogP contribution in [0, 0.1) is 0 Å². The molecule has 0 radical (unpaired) electrons. The van der Waals surface area contributed by atoms with E-state index in [9.17, 15) is 8.42 Å². The summed E-state index contributed by atoms with van der Waals surface area (Å²) in [5.74, 6) is 2.16. The molecule has 0 saturated carbocycles. The molecule has 18 heavy (non-hydrogen) atoms. The minimum atomic E-state index is -3.68. The van der Waals surface area contributed by atoms with E-state index in [1.165, 1.54) is 18.2 Å². The van der Waals surface area contributed by atoms with Gasteiger partial charge in [-0.25, -0.2) is 13.6 Å². The zero-order chi connectivity index (χ0) is 13.6. The second-order valence-electron chi connectivity index (χ2n) is 3.66. The van der Waals surface area contributed by atoms with Crippen molar-refractivity contribution >= 4 is 39.1 Å². The Morgan fingerprint density at radius 2 is 2.17 bits per heavy atom. The topological polar surface area (TPSA) is 72.2 Å². The monoisotopic (exact) mass is 308 g/mol. The molecule has 0 bridgehead atoms. The first-order chi connectivity index (χ1) is 8.45. The number of hydrogen-bond acceptors (Lipinski definition) is 4. The Labute approximate surface area is 117 Å². The Hall–Kier alpha value is -0.430. The number of thioether (sulfide) groups is 1. The summed E-state index contributed by atoms with van der Waals surface area (Å²) in [7, 11) is -3.68. The molecule has 0 fully saturated rings. The summed E-state index contributed by atoms with van der Waals surface area (Å²) in [6, 6.07) is 4.39. The molecule has 0 aliphatic heterocycles. The molecular weight excluding hydrogens is 292 g/mol. The summed E-state index contributed by atoms with van der Waals surface area (Å²) < 4.78 is 22.4. The van der Waals surface area contributed by atoms with Crippen LogP contribution in [0.15, 0.2) is 23.1 Å². The molecule has 3 N–H and O–H groups in total. The van der Waals surface area contributed by atoms with Gasteiger partial charge in [-0.1, -0.05) is 18.5 Å². The number of hydrogen-bond donors (Lipinski definition) is 2. The predicted molar refractivity (Wildman–Crippen MR) is 78.9 cm³/mol. The maximum atomic E-state index is 11.2. The van der Waals surface area contributed by atoms with Crippen LogP contribution in [0.2, 0.25) is 5.02 Å². The predicted octanol–water partition coefficient (Wildman–Crippen LogP) is 2.54. The van der Waals surface area contributed by atoms with Gasteiger partial charge < -0.3 is 5.32 Å². The van der Waals surface area contributed by atoms with Crippen LogP contribution in [-0.2, 0) is 10.0 Å². The van der Waals surface area contributed by atoms with Crippen molar-refractivity contribution in [1.82, 2.24) is 0 Å². The number of rotatable bonds is 7. The third kappa shape index (κ3) is 5.06. The van der Waals surface area contributed by atoms with E-state index in [4.69, 9.17) is 16.7 Å². The molecule has 0 aliphatic carbocycles. The zero-order valence-corrected chi connectivity index (χ0v) is 12.5. The van der Waals surface area contributed by atoms with E-state index in [-0.39, 0.29) is 4.90 Å². The van der Waals surface area contributed by atoms with Crippen molar-refractivity contribution in [2.75, 3.05) is 23.4 Å². The van der Waals surface area contributed by atoms with Gasteiger partial charge in [0.2, 0.25) is 10.0 Å². The van der Waals surface area contributed by atoms with Crippen molar-refractivity contribution in [2.45, 2.75) is 18.2 Å². The van der Waals surface area contributed by atoms with E-state index >= 15 is 0 Å². The largest absolute Gasteiger partial charge is 0.384 e. The minimum Gasteiger partial charge on any atom is -0.384 e. The zero-order valence-electron chi connectivity index (χ0n) is 10.1. The van der Waals surface area contributed by atoms with Gasteiger partial charge in [0.15, 0.2) is 0 Å². The highest BCUT2D eigenvalue weighted by atomic mass is 35.5. The van der Waals surface area contributed by atoms with Crippen LogP contribution in [0.3, 0.4) is 0 Å². The molecule has 0 aliphatic rings. The molecule has 0 spiro atoms. The van der Waals surface area contributed by atoms with Gasteiger partial charge in [-0.2, -0.15) is 11.8 Å². The van der Waals surface area contributed by atoms with Crippen LogP contribution in [0.25, 0.3) is 0 Å². The molecule has 7 heteroatoms. The number of primary sulfonamides is 1. The van der Waals surface area contributed by atoms with Crippen LogP contribution in [0.4, 0.5) is 5.69 Å². The van der Waals surface area contributed by atoms with Crippen LogP contribution in [0.1, 0.15) is 13.3 Å².